The lowest BCUT2D eigenvalue weighted by Gasteiger charge is -2.08. The Kier molecular flexibility index (Phi) is 4.15. The Bertz CT molecular complexity index is 710. The van der Waals surface area contributed by atoms with Crippen LogP contribution in [0.2, 0.25) is 0 Å². The van der Waals surface area contributed by atoms with Gasteiger partial charge >= 0.3 is 0 Å². The van der Waals surface area contributed by atoms with Gasteiger partial charge in [-0.1, -0.05) is 72.3 Å². The van der Waals surface area contributed by atoms with E-state index in [2.05, 4.69) is 59.0 Å². The van der Waals surface area contributed by atoms with Crippen LogP contribution >= 0.6 is 0 Å². The van der Waals surface area contributed by atoms with Crippen LogP contribution in [0.15, 0.2) is 72.3 Å². The van der Waals surface area contributed by atoms with Gasteiger partial charge in [-0.2, -0.15) is 0 Å². The highest BCUT2D eigenvalue weighted by molar-refractivity contribution is 5.62. The number of rotatable bonds is 4. The topological polar surface area (TPSA) is 30.7 Å². The molecule has 22 heavy (non-hydrogen) atoms. The molecule has 3 aromatic rings. The van der Waals surface area contributed by atoms with Crippen molar-refractivity contribution in [1.82, 2.24) is 14.8 Å². The molecule has 3 rings (SSSR count). The fourth-order valence-corrected chi connectivity index (χ4v) is 2.35. The van der Waals surface area contributed by atoms with Gasteiger partial charge in [-0.3, -0.25) is 0 Å². The molecule has 2 aromatic carbocycles. The minimum atomic E-state index is 0.768. The third-order valence-corrected chi connectivity index (χ3v) is 3.50. The smallest absolute Gasteiger partial charge is 0.164 e. The third kappa shape index (κ3) is 2.98. The number of allylic oxidation sites excluding steroid dienone is 2. The summed E-state index contributed by atoms with van der Waals surface area (Å²) in [7, 11) is 0. The first-order chi connectivity index (χ1) is 10.8. The molecule has 0 aliphatic carbocycles. The Morgan fingerprint density at radius 2 is 1.27 bits per heavy atom. The molecular weight excluding hydrogens is 270 g/mol. The highest BCUT2D eigenvalue weighted by Gasteiger charge is 2.14. The maximum absolute atomic E-state index is 4.42. The minimum Gasteiger partial charge on any atom is -0.303 e. The normalized spacial score (nSPS) is 10.5. The summed E-state index contributed by atoms with van der Waals surface area (Å²) in [6.45, 7) is 4.98. The molecule has 1 heterocycles. The average molecular weight is 289 g/mol. The summed E-state index contributed by atoms with van der Waals surface area (Å²) in [6.07, 6.45) is 2.20. The van der Waals surface area contributed by atoms with Crippen LogP contribution in [0.5, 0.6) is 0 Å². The standard InChI is InChI=1S/C19H19N3/c1-15(2)13-14-22-18(16-9-5-3-6-10-16)20-21-19(22)17-11-7-4-8-12-17/h3-13H,14H2,1-2H3. The van der Waals surface area contributed by atoms with Crippen LogP contribution in [0.3, 0.4) is 0 Å². The molecule has 0 bridgehead atoms. The number of aromatic nitrogens is 3. The van der Waals surface area contributed by atoms with Crippen molar-refractivity contribution in [1.29, 1.82) is 0 Å². The predicted molar refractivity (Wildman–Crippen MR) is 90.3 cm³/mol. The number of hydrogen-bond acceptors (Lipinski definition) is 2. The molecule has 0 aliphatic heterocycles. The molecule has 0 atom stereocenters. The van der Waals surface area contributed by atoms with Gasteiger partial charge in [0.1, 0.15) is 0 Å². The van der Waals surface area contributed by atoms with E-state index in [-0.39, 0.29) is 0 Å². The summed E-state index contributed by atoms with van der Waals surface area (Å²) < 4.78 is 2.16. The first-order valence-corrected chi connectivity index (χ1v) is 7.43. The van der Waals surface area contributed by atoms with Crippen LogP contribution in [0.1, 0.15) is 13.8 Å². The van der Waals surface area contributed by atoms with Gasteiger partial charge < -0.3 is 4.57 Å². The van der Waals surface area contributed by atoms with E-state index in [1.165, 1.54) is 5.57 Å². The lowest BCUT2D eigenvalue weighted by Crippen LogP contribution is -2.01. The minimum absolute atomic E-state index is 0.768. The summed E-state index contributed by atoms with van der Waals surface area (Å²) in [4.78, 5) is 0. The van der Waals surface area contributed by atoms with Gasteiger partial charge in [0.25, 0.3) is 0 Å². The van der Waals surface area contributed by atoms with Gasteiger partial charge in [-0.25, -0.2) is 0 Å². The summed E-state index contributed by atoms with van der Waals surface area (Å²) in [5, 5.41) is 8.85. The molecule has 0 saturated carbocycles. The number of hydrogen-bond donors (Lipinski definition) is 0. The van der Waals surface area contributed by atoms with Crippen LogP contribution < -0.4 is 0 Å². The van der Waals surface area contributed by atoms with Gasteiger partial charge in [-0.15, -0.1) is 10.2 Å². The molecule has 0 fully saturated rings. The van der Waals surface area contributed by atoms with Gasteiger partial charge in [0, 0.05) is 17.7 Å². The number of benzene rings is 2. The Morgan fingerprint density at radius 1 is 0.818 bits per heavy atom. The van der Waals surface area contributed by atoms with Crippen molar-refractivity contribution in [2.45, 2.75) is 20.4 Å². The van der Waals surface area contributed by atoms with Crippen molar-refractivity contribution in [3.63, 3.8) is 0 Å². The zero-order chi connectivity index (χ0) is 15.4. The first-order valence-electron chi connectivity index (χ1n) is 7.43. The quantitative estimate of drug-likeness (QED) is 0.658. The molecule has 3 heteroatoms. The second-order valence-corrected chi connectivity index (χ2v) is 5.47. The van der Waals surface area contributed by atoms with Crippen LogP contribution in [0, 0.1) is 0 Å². The molecule has 1 aromatic heterocycles. The molecule has 0 saturated heterocycles. The van der Waals surface area contributed by atoms with Gasteiger partial charge in [0.05, 0.1) is 0 Å². The highest BCUT2D eigenvalue weighted by atomic mass is 15.3. The van der Waals surface area contributed by atoms with E-state index >= 15 is 0 Å². The highest BCUT2D eigenvalue weighted by Crippen LogP contribution is 2.24. The van der Waals surface area contributed by atoms with Crippen LogP contribution in [-0.4, -0.2) is 14.8 Å². The molecule has 0 spiro atoms. The van der Waals surface area contributed by atoms with E-state index in [1.807, 2.05) is 36.4 Å². The third-order valence-electron chi connectivity index (χ3n) is 3.50. The van der Waals surface area contributed by atoms with Crippen LogP contribution in [0.25, 0.3) is 22.8 Å². The molecule has 3 nitrogen and oxygen atoms in total. The van der Waals surface area contributed by atoms with E-state index in [1.54, 1.807) is 0 Å². The molecule has 0 aliphatic rings. The summed E-state index contributed by atoms with van der Waals surface area (Å²) in [6, 6.07) is 20.4. The molecule has 0 amide bonds. The van der Waals surface area contributed by atoms with Crippen LogP contribution in [-0.2, 0) is 6.54 Å². The average Bonchev–Trinajstić information content (AvgIpc) is 2.98. The fourth-order valence-electron chi connectivity index (χ4n) is 2.35. The Hall–Kier alpha value is -2.68. The molecule has 0 unspecified atom stereocenters. The molecule has 0 N–H and O–H groups in total. The molecule has 110 valence electrons. The largest absolute Gasteiger partial charge is 0.303 e. The van der Waals surface area contributed by atoms with Crippen molar-refractivity contribution in [3.8, 4) is 22.8 Å². The lowest BCUT2D eigenvalue weighted by molar-refractivity contribution is 0.829. The van der Waals surface area contributed by atoms with Crippen molar-refractivity contribution in [3.05, 3.63) is 72.3 Å². The van der Waals surface area contributed by atoms with E-state index in [0.717, 1.165) is 29.3 Å². The Balaban J connectivity index is 2.12. The lowest BCUT2D eigenvalue weighted by atomic mass is 10.2. The number of nitrogens with zero attached hydrogens (tertiary/aromatic N) is 3. The fraction of sp³-hybridized carbons (Fsp3) is 0.158. The van der Waals surface area contributed by atoms with Crippen molar-refractivity contribution in [2.75, 3.05) is 0 Å². The van der Waals surface area contributed by atoms with Crippen molar-refractivity contribution < 1.29 is 0 Å². The van der Waals surface area contributed by atoms with Gasteiger partial charge in [0.2, 0.25) is 0 Å². The second-order valence-electron chi connectivity index (χ2n) is 5.47. The van der Waals surface area contributed by atoms with Crippen molar-refractivity contribution in [2.24, 2.45) is 0 Å². The maximum atomic E-state index is 4.42. The van der Waals surface area contributed by atoms with E-state index in [4.69, 9.17) is 0 Å². The molecule has 0 radical (unpaired) electrons. The zero-order valence-corrected chi connectivity index (χ0v) is 12.9. The monoisotopic (exact) mass is 289 g/mol. The predicted octanol–water partition coefficient (Wildman–Crippen LogP) is 4.58. The van der Waals surface area contributed by atoms with E-state index < -0.39 is 0 Å². The van der Waals surface area contributed by atoms with Crippen LogP contribution in [0.4, 0.5) is 0 Å². The summed E-state index contributed by atoms with van der Waals surface area (Å²) >= 11 is 0. The Labute approximate surface area is 131 Å². The maximum Gasteiger partial charge on any atom is 0.164 e. The van der Waals surface area contributed by atoms with Gasteiger partial charge in [0.15, 0.2) is 11.6 Å². The van der Waals surface area contributed by atoms with Crippen molar-refractivity contribution >= 4 is 0 Å². The summed E-state index contributed by atoms with van der Waals surface area (Å²) in [5.74, 6) is 1.80. The van der Waals surface area contributed by atoms with E-state index in [9.17, 15) is 0 Å². The first kappa shape index (κ1) is 14.3. The second kappa shape index (κ2) is 6.39. The van der Waals surface area contributed by atoms with Gasteiger partial charge in [-0.05, 0) is 13.8 Å². The SMILES string of the molecule is CC(C)=CCn1c(-c2ccccc2)nnc1-c1ccccc1. The Morgan fingerprint density at radius 3 is 1.68 bits per heavy atom. The zero-order valence-electron chi connectivity index (χ0n) is 12.9. The van der Waals surface area contributed by atoms with E-state index in [0.29, 0.717) is 0 Å². The summed E-state index contributed by atoms with van der Waals surface area (Å²) in [5.41, 5.74) is 3.45. The molecular formula is C19H19N3.